The molecule has 1 unspecified atom stereocenters. The number of nitrogens with one attached hydrogen (secondary N) is 4. The Labute approximate surface area is 303 Å². The van der Waals surface area contributed by atoms with Crippen molar-refractivity contribution < 1.29 is 18.0 Å². The number of halogens is 1. The maximum Gasteiger partial charge on any atom is 0.301 e. The average molecular weight is 762 g/mol. The highest BCUT2D eigenvalue weighted by Crippen LogP contribution is 2.26. The van der Waals surface area contributed by atoms with E-state index in [0.29, 0.717) is 31.6 Å². The summed E-state index contributed by atoms with van der Waals surface area (Å²) < 4.78 is 30.8. The second kappa shape index (κ2) is 16.7. The molecule has 0 bridgehead atoms. The van der Waals surface area contributed by atoms with Crippen molar-refractivity contribution >= 4 is 49.3 Å². The zero-order valence-corrected chi connectivity index (χ0v) is 30.9. The first-order valence-electron chi connectivity index (χ1n) is 16.8. The van der Waals surface area contributed by atoms with Gasteiger partial charge < -0.3 is 21.7 Å². The number of nitrogens with two attached hydrogens (primary N) is 1. The minimum atomic E-state index is -3.85. The highest BCUT2D eigenvalue weighted by Gasteiger charge is 2.28. The van der Waals surface area contributed by atoms with Crippen molar-refractivity contribution in [3.8, 4) is 0 Å². The normalized spacial score (nSPS) is 16.5. The fourth-order valence-corrected chi connectivity index (χ4v) is 7.53. The minimum Gasteiger partial charge on any atom is -0.399 e. The molecule has 1 saturated heterocycles. The van der Waals surface area contributed by atoms with Crippen molar-refractivity contribution in [1.29, 1.82) is 0 Å². The zero-order valence-electron chi connectivity index (χ0n) is 28.5. The first kappa shape index (κ1) is 37.0. The number of nitrogens with zero attached hydrogens (tertiary/aromatic N) is 1. The van der Waals surface area contributed by atoms with Crippen LogP contribution < -0.4 is 30.7 Å². The highest BCUT2D eigenvalue weighted by molar-refractivity contribution is 9.10. The van der Waals surface area contributed by atoms with E-state index in [0.717, 1.165) is 21.2 Å². The first-order valence-corrected chi connectivity index (χ1v) is 19.1. The molecule has 50 heavy (non-hydrogen) atoms. The number of anilines is 2. The molecule has 12 heteroatoms. The summed E-state index contributed by atoms with van der Waals surface area (Å²) in [7, 11) is -3.85. The fourth-order valence-electron chi connectivity index (χ4n) is 5.96. The molecule has 10 nitrogen and oxygen atoms in total. The van der Waals surface area contributed by atoms with Crippen LogP contribution in [0.15, 0.2) is 102 Å². The van der Waals surface area contributed by atoms with Gasteiger partial charge in [0.1, 0.15) is 0 Å². The third-order valence-electron chi connectivity index (χ3n) is 9.12. The number of rotatable bonds is 13. The molecule has 1 fully saturated rings. The number of hydrogen-bond donors (Lipinski definition) is 5. The lowest BCUT2D eigenvalue weighted by atomic mass is 9.94. The van der Waals surface area contributed by atoms with Crippen LogP contribution in [0.5, 0.6) is 0 Å². The second-order valence-electron chi connectivity index (χ2n) is 12.9. The highest BCUT2D eigenvalue weighted by atomic mass is 79.9. The van der Waals surface area contributed by atoms with Gasteiger partial charge in [-0.15, -0.1) is 0 Å². The number of benzene rings is 4. The predicted octanol–water partition coefficient (Wildman–Crippen LogP) is 5.69. The van der Waals surface area contributed by atoms with Gasteiger partial charge in [0.25, 0.3) is 11.8 Å². The molecule has 0 spiro atoms. The Balaban J connectivity index is 1.40. The fraction of sp³-hybridized carbons (Fsp3) is 0.316. The average Bonchev–Trinajstić information content (AvgIpc) is 3.10. The summed E-state index contributed by atoms with van der Waals surface area (Å²) in [5.41, 5.74) is 10.3. The maximum absolute atomic E-state index is 14.1. The summed E-state index contributed by atoms with van der Waals surface area (Å²) in [5, 5.41) is 9.78. The number of nitrogen functional groups attached to an aromatic ring is 1. The lowest BCUT2D eigenvalue weighted by molar-refractivity contribution is 0.0935. The number of hydrogen-bond acceptors (Lipinski definition) is 6. The second-order valence-corrected chi connectivity index (χ2v) is 15.4. The molecule has 4 atom stereocenters. The molecule has 4 aromatic rings. The standard InChI is InChI=1S/C38H45BrN6O4S/c1-25(29-12-16-34(40)17-13-29)26(2)41-24-35(20-28-8-5-4-6-9-28)44-38(47)32-21-31(22-36(23-32)45-19-7-18-42-50(45,48)49)37(46)43-27(3)30-10-14-33(39)15-11-30/h4-6,8-17,21-23,25-27,35,41-42H,7,18-20,24,40H2,1-3H3,(H,43,46)(H,44,47)/t25?,26-,27+,35-/m0/s1. The predicted molar refractivity (Wildman–Crippen MR) is 203 cm³/mol. The van der Waals surface area contributed by atoms with E-state index in [-0.39, 0.29) is 47.4 Å². The molecule has 0 radical (unpaired) electrons. The van der Waals surface area contributed by atoms with Gasteiger partial charge in [-0.3, -0.25) is 13.9 Å². The van der Waals surface area contributed by atoms with Crippen molar-refractivity contribution in [2.45, 2.75) is 57.7 Å². The topological polar surface area (TPSA) is 146 Å². The zero-order chi connectivity index (χ0) is 35.8. The monoisotopic (exact) mass is 760 g/mol. The third-order valence-corrected chi connectivity index (χ3v) is 11.2. The summed E-state index contributed by atoms with van der Waals surface area (Å²) in [6.45, 7) is 7.14. The Morgan fingerprint density at radius 1 is 0.860 bits per heavy atom. The van der Waals surface area contributed by atoms with Gasteiger partial charge in [0.2, 0.25) is 0 Å². The van der Waals surface area contributed by atoms with E-state index in [1.165, 1.54) is 22.5 Å². The molecule has 0 saturated carbocycles. The van der Waals surface area contributed by atoms with E-state index in [1.807, 2.05) is 85.8 Å². The van der Waals surface area contributed by atoms with Crippen molar-refractivity contribution in [1.82, 2.24) is 20.7 Å². The summed E-state index contributed by atoms with van der Waals surface area (Å²) >= 11 is 3.44. The van der Waals surface area contributed by atoms with Gasteiger partial charge >= 0.3 is 10.2 Å². The van der Waals surface area contributed by atoms with Gasteiger partial charge in [-0.2, -0.15) is 13.1 Å². The molecular weight excluding hydrogens is 716 g/mol. The molecule has 5 rings (SSSR count). The molecule has 2 amide bonds. The van der Waals surface area contributed by atoms with E-state index in [1.54, 1.807) is 0 Å². The molecule has 1 heterocycles. The number of amides is 2. The molecular formula is C38H45BrN6O4S. The van der Waals surface area contributed by atoms with E-state index < -0.39 is 22.0 Å². The lowest BCUT2D eigenvalue weighted by Crippen LogP contribution is -2.47. The Kier molecular flexibility index (Phi) is 12.3. The van der Waals surface area contributed by atoms with E-state index >= 15 is 0 Å². The Hall–Kier alpha value is -4.23. The molecule has 1 aliphatic heterocycles. The van der Waals surface area contributed by atoms with Crippen LogP contribution in [0.1, 0.15) is 76.6 Å². The first-order chi connectivity index (χ1) is 23.9. The Morgan fingerprint density at radius 3 is 2.12 bits per heavy atom. The Morgan fingerprint density at radius 2 is 1.48 bits per heavy atom. The smallest absolute Gasteiger partial charge is 0.301 e. The van der Waals surface area contributed by atoms with Crippen LogP contribution in [0, 0.1) is 0 Å². The summed E-state index contributed by atoms with van der Waals surface area (Å²) in [4.78, 5) is 27.7. The van der Waals surface area contributed by atoms with Crippen LogP contribution in [0.4, 0.5) is 11.4 Å². The summed E-state index contributed by atoms with van der Waals surface area (Å²) in [6.07, 6.45) is 1.14. The van der Waals surface area contributed by atoms with Gasteiger partial charge in [-0.25, -0.2) is 0 Å². The van der Waals surface area contributed by atoms with Crippen molar-refractivity contribution in [3.05, 3.63) is 129 Å². The number of carbonyl (C=O) groups is 2. The summed E-state index contributed by atoms with van der Waals surface area (Å²) in [5.74, 6) is -0.654. The molecule has 0 aliphatic carbocycles. The van der Waals surface area contributed by atoms with Crippen LogP contribution in [-0.4, -0.2) is 52.0 Å². The van der Waals surface area contributed by atoms with Crippen LogP contribution in [0.2, 0.25) is 0 Å². The minimum absolute atomic E-state index is 0.0805. The lowest BCUT2D eigenvalue weighted by Gasteiger charge is -2.29. The number of carbonyl (C=O) groups excluding carboxylic acids is 2. The molecule has 0 aromatic heterocycles. The quantitative estimate of drug-likeness (QED) is 0.111. The van der Waals surface area contributed by atoms with Gasteiger partial charge in [-0.05, 0) is 91.8 Å². The summed E-state index contributed by atoms with van der Waals surface area (Å²) in [6, 6.07) is 29.4. The molecule has 264 valence electrons. The van der Waals surface area contributed by atoms with Crippen molar-refractivity contribution in [3.63, 3.8) is 0 Å². The van der Waals surface area contributed by atoms with Gasteiger partial charge in [0.05, 0.1) is 11.7 Å². The van der Waals surface area contributed by atoms with E-state index in [4.69, 9.17) is 5.73 Å². The SMILES string of the molecule is CC(c1ccc(N)cc1)[C@H](C)NC[C@H](Cc1ccccc1)NC(=O)c1cc(C(=O)N[C@H](C)c2ccc(Br)cc2)cc(N2CCCNS2(=O)=O)c1. The van der Waals surface area contributed by atoms with Crippen molar-refractivity contribution in [2.24, 2.45) is 0 Å². The largest absolute Gasteiger partial charge is 0.399 e. The molecule has 4 aromatic carbocycles. The maximum atomic E-state index is 14.1. The van der Waals surface area contributed by atoms with E-state index in [2.05, 4.69) is 50.4 Å². The van der Waals surface area contributed by atoms with Crippen LogP contribution in [-0.2, 0) is 16.6 Å². The van der Waals surface area contributed by atoms with Crippen molar-refractivity contribution in [2.75, 3.05) is 29.7 Å². The van der Waals surface area contributed by atoms with E-state index in [9.17, 15) is 18.0 Å². The van der Waals surface area contributed by atoms with Gasteiger partial charge in [0, 0.05) is 53.0 Å². The Bertz CT molecular complexity index is 1870. The third kappa shape index (κ3) is 9.72. The van der Waals surface area contributed by atoms with Crippen LogP contribution >= 0.6 is 15.9 Å². The van der Waals surface area contributed by atoms with Gasteiger partial charge in [0.15, 0.2) is 0 Å². The van der Waals surface area contributed by atoms with Crippen LogP contribution in [0.25, 0.3) is 0 Å². The molecule has 6 N–H and O–H groups in total. The molecule has 1 aliphatic rings. The van der Waals surface area contributed by atoms with Gasteiger partial charge in [-0.1, -0.05) is 77.5 Å². The van der Waals surface area contributed by atoms with Crippen LogP contribution in [0.3, 0.4) is 0 Å².